The largest absolute Gasteiger partial charge is 0.313 e. The molecule has 0 fully saturated rings. The molecule has 1 N–H and O–H groups in total. The Hall–Kier alpha value is -0.600. The van der Waals surface area contributed by atoms with Crippen LogP contribution in [0.15, 0.2) is 34.8 Å². The van der Waals surface area contributed by atoms with Gasteiger partial charge in [-0.1, -0.05) is 47.1 Å². The zero-order valence-electron chi connectivity index (χ0n) is 10.3. The van der Waals surface area contributed by atoms with Crippen LogP contribution < -0.4 is 5.32 Å². The fourth-order valence-electron chi connectivity index (χ4n) is 1.72. The van der Waals surface area contributed by atoms with E-state index in [-0.39, 0.29) is 0 Å². The fraction of sp³-hybridized carbons (Fsp3) is 0.429. The summed E-state index contributed by atoms with van der Waals surface area (Å²) in [7, 11) is 2.00. The number of rotatable bonds is 5. The predicted octanol–water partition coefficient (Wildman–Crippen LogP) is 4.37. The standard InChI is InChI=1S/C14H20BrN/c1-5-10(2)9-14(16-4)12-7-6-11(3)8-13(12)15/h6-8,14,16H,2,5,9H2,1,3-4H3. The van der Waals surface area contributed by atoms with Crippen molar-refractivity contribution in [1.82, 2.24) is 5.32 Å². The molecular formula is C14H20BrN. The third kappa shape index (κ3) is 3.46. The van der Waals surface area contributed by atoms with Crippen LogP contribution in [0.3, 0.4) is 0 Å². The minimum Gasteiger partial charge on any atom is -0.313 e. The molecule has 1 rings (SSSR count). The van der Waals surface area contributed by atoms with Crippen LogP contribution in [0.4, 0.5) is 0 Å². The van der Waals surface area contributed by atoms with Gasteiger partial charge in [-0.2, -0.15) is 0 Å². The van der Waals surface area contributed by atoms with Crippen LogP contribution in [-0.2, 0) is 0 Å². The summed E-state index contributed by atoms with van der Waals surface area (Å²) in [6.45, 7) is 8.34. The monoisotopic (exact) mass is 281 g/mol. The lowest BCUT2D eigenvalue weighted by atomic mass is 9.98. The van der Waals surface area contributed by atoms with Gasteiger partial charge < -0.3 is 5.32 Å². The van der Waals surface area contributed by atoms with E-state index in [2.05, 4.69) is 59.9 Å². The second-order valence-electron chi connectivity index (χ2n) is 4.17. The van der Waals surface area contributed by atoms with Gasteiger partial charge in [0.15, 0.2) is 0 Å². The molecule has 0 spiro atoms. The number of aryl methyl sites for hydroxylation is 1. The van der Waals surface area contributed by atoms with E-state index in [0.717, 1.165) is 12.8 Å². The first-order valence-corrected chi connectivity index (χ1v) is 6.47. The lowest BCUT2D eigenvalue weighted by molar-refractivity contribution is 0.580. The molecule has 1 aromatic carbocycles. The Balaban J connectivity index is 2.90. The van der Waals surface area contributed by atoms with Crippen molar-refractivity contribution in [3.8, 4) is 0 Å². The Bertz CT molecular complexity index is 371. The van der Waals surface area contributed by atoms with Crippen LogP contribution >= 0.6 is 15.9 Å². The Labute approximate surface area is 107 Å². The quantitative estimate of drug-likeness (QED) is 0.790. The van der Waals surface area contributed by atoms with Crippen LogP contribution in [0.2, 0.25) is 0 Å². The van der Waals surface area contributed by atoms with E-state index in [1.165, 1.54) is 21.2 Å². The first-order valence-electron chi connectivity index (χ1n) is 5.68. The molecule has 0 aliphatic rings. The van der Waals surface area contributed by atoms with Gasteiger partial charge in [0, 0.05) is 10.5 Å². The predicted molar refractivity (Wildman–Crippen MR) is 74.7 cm³/mol. The number of benzene rings is 1. The number of hydrogen-bond acceptors (Lipinski definition) is 1. The lowest BCUT2D eigenvalue weighted by Crippen LogP contribution is -2.17. The van der Waals surface area contributed by atoms with Gasteiger partial charge in [0.05, 0.1) is 0 Å². The minimum atomic E-state index is 0.349. The highest BCUT2D eigenvalue weighted by atomic mass is 79.9. The third-order valence-corrected chi connectivity index (χ3v) is 3.56. The second-order valence-corrected chi connectivity index (χ2v) is 5.03. The summed E-state index contributed by atoms with van der Waals surface area (Å²) in [5.74, 6) is 0. The van der Waals surface area contributed by atoms with Gasteiger partial charge in [-0.05, 0) is 44.0 Å². The normalized spacial score (nSPS) is 12.5. The Kier molecular flexibility index (Phi) is 5.23. The highest BCUT2D eigenvalue weighted by Crippen LogP contribution is 2.28. The van der Waals surface area contributed by atoms with Gasteiger partial charge in [-0.15, -0.1) is 0 Å². The van der Waals surface area contributed by atoms with Crippen molar-refractivity contribution in [2.24, 2.45) is 0 Å². The Morgan fingerprint density at radius 1 is 1.50 bits per heavy atom. The smallest absolute Gasteiger partial charge is 0.0366 e. The maximum Gasteiger partial charge on any atom is 0.0366 e. The average Bonchev–Trinajstić information content (AvgIpc) is 2.26. The van der Waals surface area contributed by atoms with E-state index in [9.17, 15) is 0 Å². The van der Waals surface area contributed by atoms with Crippen LogP contribution in [0.5, 0.6) is 0 Å². The van der Waals surface area contributed by atoms with E-state index in [4.69, 9.17) is 0 Å². The molecule has 1 atom stereocenters. The highest BCUT2D eigenvalue weighted by Gasteiger charge is 2.13. The molecular weight excluding hydrogens is 262 g/mol. The zero-order chi connectivity index (χ0) is 12.1. The van der Waals surface area contributed by atoms with Crippen LogP contribution in [0.25, 0.3) is 0 Å². The van der Waals surface area contributed by atoms with Gasteiger partial charge in [0.25, 0.3) is 0 Å². The summed E-state index contributed by atoms with van der Waals surface area (Å²) in [4.78, 5) is 0. The molecule has 0 aromatic heterocycles. The summed E-state index contributed by atoms with van der Waals surface area (Å²) in [5, 5.41) is 3.35. The average molecular weight is 282 g/mol. The molecule has 0 saturated carbocycles. The molecule has 0 aliphatic heterocycles. The van der Waals surface area contributed by atoms with Gasteiger partial charge in [0.1, 0.15) is 0 Å². The van der Waals surface area contributed by atoms with Gasteiger partial charge >= 0.3 is 0 Å². The molecule has 0 saturated heterocycles. The third-order valence-electron chi connectivity index (χ3n) is 2.87. The van der Waals surface area contributed by atoms with Crippen molar-refractivity contribution >= 4 is 15.9 Å². The summed E-state index contributed by atoms with van der Waals surface area (Å²) in [6, 6.07) is 6.85. The first-order chi connectivity index (χ1) is 7.58. The van der Waals surface area contributed by atoms with Crippen molar-refractivity contribution in [2.75, 3.05) is 7.05 Å². The maximum absolute atomic E-state index is 4.08. The summed E-state index contributed by atoms with van der Waals surface area (Å²) in [5.41, 5.74) is 3.87. The van der Waals surface area contributed by atoms with E-state index in [1.54, 1.807) is 0 Å². The van der Waals surface area contributed by atoms with Gasteiger partial charge in [-0.3, -0.25) is 0 Å². The fourth-order valence-corrected chi connectivity index (χ4v) is 2.48. The topological polar surface area (TPSA) is 12.0 Å². The second kappa shape index (κ2) is 6.21. The molecule has 0 radical (unpaired) electrons. The summed E-state index contributed by atoms with van der Waals surface area (Å²) < 4.78 is 1.18. The van der Waals surface area contributed by atoms with Crippen molar-refractivity contribution < 1.29 is 0 Å². The first kappa shape index (κ1) is 13.5. The van der Waals surface area contributed by atoms with E-state index >= 15 is 0 Å². The Morgan fingerprint density at radius 3 is 2.69 bits per heavy atom. The zero-order valence-corrected chi connectivity index (χ0v) is 11.9. The Morgan fingerprint density at radius 2 is 2.19 bits per heavy atom. The van der Waals surface area contributed by atoms with Crippen molar-refractivity contribution in [1.29, 1.82) is 0 Å². The maximum atomic E-state index is 4.08. The van der Waals surface area contributed by atoms with Crippen molar-refractivity contribution in [3.63, 3.8) is 0 Å². The van der Waals surface area contributed by atoms with Crippen molar-refractivity contribution in [3.05, 3.63) is 46.0 Å². The van der Waals surface area contributed by atoms with E-state index in [1.807, 2.05) is 7.05 Å². The molecule has 2 heteroatoms. The molecule has 0 heterocycles. The SMILES string of the molecule is C=C(CC)CC(NC)c1ccc(C)cc1Br. The molecule has 0 amide bonds. The van der Waals surface area contributed by atoms with Crippen LogP contribution in [0, 0.1) is 6.92 Å². The van der Waals surface area contributed by atoms with Gasteiger partial charge in [0.2, 0.25) is 0 Å². The molecule has 16 heavy (non-hydrogen) atoms. The highest BCUT2D eigenvalue weighted by molar-refractivity contribution is 9.10. The van der Waals surface area contributed by atoms with Crippen molar-refractivity contribution in [2.45, 2.75) is 32.7 Å². The van der Waals surface area contributed by atoms with E-state index < -0.39 is 0 Å². The molecule has 0 aliphatic carbocycles. The van der Waals surface area contributed by atoms with E-state index in [0.29, 0.717) is 6.04 Å². The lowest BCUT2D eigenvalue weighted by Gasteiger charge is -2.19. The van der Waals surface area contributed by atoms with Crippen LogP contribution in [-0.4, -0.2) is 7.05 Å². The molecule has 1 unspecified atom stereocenters. The minimum absolute atomic E-state index is 0.349. The number of hydrogen-bond donors (Lipinski definition) is 1. The summed E-state index contributed by atoms with van der Waals surface area (Å²) >= 11 is 3.63. The molecule has 0 bridgehead atoms. The molecule has 88 valence electrons. The number of nitrogens with one attached hydrogen (secondary N) is 1. The van der Waals surface area contributed by atoms with Crippen LogP contribution in [0.1, 0.15) is 36.9 Å². The summed E-state index contributed by atoms with van der Waals surface area (Å²) in [6.07, 6.45) is 2.04. The van der Waals surface area contributed by atoms with Gasteiger partial charge in [-0.25, -0.2) is 0 Å². The molecule has 1 nitrogen and oxygen atoms in total. The number of halogens is 1. The molecule has 1 aromatic rings.